The average molecular weight is 365 g/mol. The normalized spacial score (nSPS) is 21.6. The molecule has 0 radical (unpaired) electrons. The molecule has 2 N–H and O–H groups in total. The van der Waals surface area contributed by atoms with Crippen LogP contribution < -0.4 is 0 Å². The highest BCUT2D eigenvalue weighted by Gasteiger charge is 2.29. The molecule has 4 heteroatoms. The smallest absolute Gasteiger partial charge is 0.303 e. The molecular formula is C22H36O4. The van der Waals surface area contributed by atoms with Crippen LogP contribution in [0.5, 0.6) is 0 Å². The molecule has 0 aromatic carbocycles. The molecule has 0 bridgehead atoms. The van der Waals surface area contributed by atoms with Gasteiger partial charge in [-0.25, -0.2) is 0 Å². The van der Waals surface area contributed by atoms with E-state index in [1.807, 2.05) is 18.2 Å². The highest BCUT2D eigenvalue weighted by Crippen LogP contribution is 2.32. The lowest BCUT2D eigenvalue weighted by atomic mass is 9.80. The molecule has 4 nitrogen and oxygen atoms in total. The van der Waals surface area contributed by atoms with Gasteiger partial charge in [-0.05, 0) is 30.8 Å². The molecule has 26 heavy (non-hydrogen) atoms. The van der Waals surface area contributed by atoms with Gasteiger partial charge >= 0.3 is 5.97 Å². The van der Waals surface area contributed by atoms with Gasteiger partial charge in [-0.2, -0.15) is 0 Å². The van der Waals surface area contributed by atoms with Gasteiger partial charge in [-0.1, -0.05) is 71.1 Å². The lowest BCUT2D eigenvalue weighted by Gasteiger charge is -2.29. The third kappa shape index (κ3) is 7.86. The zero-order valence-electron chi connectivity index (χ0n) is 16.6. The molecule has 0 unspecified atom stereocenters. The van der Waals surface area contributed by atoms with E-state index in [4.69, 9.17) is 5.11 Å². The number of allylic oxidation sites excluding steroid dienone is 3. The molecule has 1 aliphatic rings. The predicted octanol–water partition coefficient (Wildman–Crippen LogP) is 4.92. The Hall–Kier alpha value is -1.42. The van der Waals surface area contributed by atoms with Crippen molar-refractivity contribution in [3.63, 3.8) is 0 Å². The average Bonchev–Trinajstić information content (AvgIpc) is 2.93. The summed E-state index contributed by atoms with van der Waals surface area (Å²) in [6.45, 7) is 6.32. The van der Waals surface area contributed by atoms with E-state index in [1.165, 1.54) is 0 Å². The Balaban J connectivity index is 2.45. The molecule has 0 amide bonds. The van der Waals surface area contributed by atoms with E-state index in [2.05, 4.69) is 20.8 Å². The van der Waals surface area contributed by atoms with Crippen LogP contribution in [0.2, 0.25) is 0 Å². The third-order valence-electron chi connectivity index (χ3n) is 5.46. The first kappa shape index (κ1) is 22.6. The molecule has 3 atom stereocenters. The van der Waals surface area contributed by atoms with Gasteiger partial charge in [-0.15, -0.1) is 0 Å². The van der Waals surface area contributed by atoms with Gasteiger partial charge in [0.05, 0.1) is 6.10 Å². The van der Waals surface area contributed by atoms with Crippen molar-refractivity contribution in [2.75, 3.05) is 0 Å². The summed E-state index contributed by atoms with van der Waals surface area (Å²) in [6, 6.07) is 0. The van der Waals surface area contributed by atoms with E-state index >= 15 is 0 Å². The molecule has 0 fully saturated rings. The SMILES string of the molecule is CCCCC(C)(C)[C@H](O)/C=C/[C@H]1C=CC(=O)[C@@H]1CCCCCCC(=O)O. The zero-order chi connectivity index (χ0) is 19.6. The number of unbranched alkanes of at least 4 members (excludes halogenated alkanes) is 4. The van der Waals surface area contributed by atoms with Crippen LogP contribution >= 0.6 is 0 Å². The minimum Gasteiger partial charge on any atom is -0.481 e. The maximum atomic E-state index is 12.1. The lowest BCUT2D eigenvalue weighted by molar-refractivity contribution is -0.137. The Kier molecular flexibility index (Phi) is 9.85. The summed E-state index contributed by atoms with van der Waals surface area (Å²) >= 11 is 0. The molecule has 0 saturated carbocycles. The van der Waals surface area contributed by atoms with Crippen LogP contribution in [0.1, 0.15) is 78.6 Å². The zero-order valence-corrected chi connectivity index (χ0v) is 16.6. The number of carbonyl (C=O) groups is 2. The first-order valence-corrected chi connectivity index (χ1v) is 10.1. The Morgan fingerprint density at radius 2 is 1.92 bits per heavy atom. The Morgan fingerprint density at radius 3 is 2.58 bits per heavy atom. The van der Waals surface area contributed by atoms with E-state index in [0.29, 0.717) is 6.42 Å². The molecule has 1 rings (SSSR count). The highest BCUT2D eigenvalue weighted by molar-refractivity contribution is 5.94. The quantitative estimate of drug-likeness (QED) is 0.359. The number of hydrogen-bond acceptors (Lipinski definition) is 3. The van der Waals surface area contributed by atoms with Gasteiger partial charge in [0.15, 0.2) is 5.78 Å². The van der Waals surface area contributed by atoms with Crippen molar-refractivity contribution in [3.05, 3.63) is 24.3 Å². The van der Waals surface area contributed by atoms with Crippen LogP contribution in [0.25, 0.3) is 0 Å². The molecule has 1 aliphatic carbocycles. The monoisotopic (exact) mass is 364 g/mol. The molecular weight excluding hydrogens is 328 g/mol. The second-order valence-electron chi connectivity index (χ2n) is 8.21. The van der Waals surface area contributed by atoms with Crippen LogP contribution in [0.4, 0.5) is 0 Å². The van der Waals surface area contributed by atoms with Gasteiger partial charge in [0.2, 0.25) is 0 Å². The summed E-state index contributed by atoms with van der Waals surface area (Å²) in [6.07, 6.45) is 14.7. The van der Waals surface area contributed by atoms with Crippen molar-refractivity contribution >= 4 is 11.8 Å². The third-order valence-corrected chi connectivity index (χ3v) is 5.46. The molecule has 0 aliphatic heterocycles. The van der Waals surface area contributed by atoms with E-state index in [9.17, 15) is 14.7 Å². The van der Waals surface area contributed by atoms with Crippen LogP contribution in [0.3, 0.4) is 0 Å². The fourth-order valence-electron chi connectivity index (χ4n) is 3.45. The Bertz CT molecular complexity index is 504. The minimum absolute atomic E-state index is 0.0309. The molecule has 0 saturated heterocycles. The summed E-state index contributed by atoms with van der Waals surface area (Å²) < 4.78 is 0. The number of hydrogen-bond donors (Lipinski definition) is 2. The van der Waals surface area contributed by atoms with Crippen molar-refractivity contribution < 1.29 is 19.8 Å². The van der Waals surface area contributed by atoms with Crippen molar-refractivity contribution in [2.45, 2.75) is 84.7 Å². The van der Waals surface area contributed by atoms with Crippen molar-refractivity contribution in [2.24, 2.45) is 17.3 Å². The van der Waals surface area contributed by atoms with E-state index in [0.717, 1.165) is 44.9 Å². The van der Waals surface area contributed by atoms with Crippen LogP contribution in [0, 0.1) is 17.3 Å². The van der Waals surface area contributed by atoms with E-state index in [-0.39, 0.29) is 29.5 Å². The highest BCUT2D eigenvalue weighted by atomic mass is 16.4. The lowest BCUT2D eigenvalue weighted by Crippen LogP contribution is -2.27. The number of carboxylic acids is 1. The summed E-state index contributed by atoms with van der Waals surface area (Å²) in [5.74, 6) is -0.537. The number of aliphatic hydroxyl groups excluding tert-OH is 1. The number of ketones is 1. The predicted molar refractivity (Wildman–Crippen MR) is 105 cm³/mol. The van der Waals surface area contributed by atoms with E-state index in [1.54, 1.807) is 6.08 Å². The van der Waals surface area contributed by atoms with Gasteiger partial charge in [0.25, 0.3) is 0 Å². The van der Waals surface area contributed by atoms with Crippen LogP contribution in [0.15, 0.2) is 24.3 Å². The van der Waals surface area contributed by atoms with Crippen LogP contribution in [-0.2, 0) is 9.59 Å². The fraction of sp³-hybridized carbons (Fsp3) is 0.727. The number of aliphatic hydroxyl groups is 1. The Morgan fingerprint density at radius 1 is 1.23 bits per heavy atom. The number of carboxylic acid groups (broad SMARTS) is 1. The van der Waals surface area contributed by atoms with Gasteiger partial charge in [0, 0.05) is 18.3 Å². The molecule has 0 heterocycles. The van der Waals surface area contributed by atoms with E-state index < -0.39 is 12.1 Å². The molecule has 0 aromatic heterocycles. The Labute approximate surface area is 158 Å². The second kappa shape index (κ2) is 11.3. The largest absolute Gasteiger partial charge is 0.481 e. The van der Waals surface area contributed by atoms with Crippen molar-refractivity contribution in [1.82, 2.24) is 0 Å². The fourth-order valence-corrected chi connectivity index (χ4v) is 3.45. The van der Waals surface area contributed by atoms with Gasteiger partial charge in [0.1, 0.15) is 0 Å². The maximum Gasteiger partial charge on any atom is 0.303 e. The standard InChI is InChI=1S/C22H36O4/c1-4-5-16-22(2,3)20(24)15-13-17-12-14-19(23)18(17)10-8-6-7-9-11-21(25)26/h12-15,17-18,20,24H,4-11,16H2,1-3H3,(H,25,26)/b15-13+/t17-,18-,20-/m1/s1. The van der Waals surface area contributed by atoms with Gasteiger partial charge < -0.3 is 10.2 Å². The molecule has 0 spiro atoms. The summed E-state index contributed by atoms with van der Waals surface area (Å²) in [4.78, 5) is 22.6. The minimum atomic E-state index is -0.745. The number of carbonyl (C=O) groups excluding carboxylic acids is 1. The maximum absolute atomic E-state index is 12.1. The van der Waals surface area contributed by atoms with Crippen molar-refractivity contribution in [1.29, 1.82) is 0 Å². The molecule has 0 aromatic rings. The summed E-state index contributed by atoms with van der Waals surface area (Å²) in [5, 5.41) is 19.1. The first-order chi connectivity index (χ1) is 12.3. The molecule has 148 valence electrons. The van der Waals surface area contributed by atoms with Gasteiger partial charge in [-0.3, -0.25) is 9.59 Å². The van der Waals surface area contributed by atoms with Crippen LogP contribution in [-0.4, -0.2) is 28.1 Å². The first-order valence-electron chi connectivity index (χ1n) is 10.1. The number of aliphatic carboxylic acids is 1. The topological polar surface area (TPSA) is 74.6 Å². The summed E-state index contributed by atoms with van der Waals surface area (Å²) in [7, 11) is 0. The summed E-state index contributed by atoms with van der Waals surface area (Å²) in [5.41, 5.74) is -0.154. The second-order valence-corrected chi connectivity index (χ2v) is 8.21. The van der Waals surface area contributed by atoms with Crippen molar-refractivity contribution in [3.8, 4) is 0 Å². The number of rotatable bonds is 13.